The highest BCUT2D eigenvalue weighted by Gasteiger charge is 2.34. The molecule has 1 fully saturated rings. The summed E-state index contributed by atoms with van der Waals surface area (Å²) in [5.41, 5.74) is 6.64. The monoisotopic (exact) mass is 278 g/mol. The van der Waals surface area contributed by atoms with E-state index in [1.807, 2.05) is 6.07 Å². The highest BCUT2D eigenvalue weighted by Crippen LogP contribution is 2.27. The third-order valence-corrected chi connectivity index (χ3v) is 3.85. The van der Waals surface area contributed by atoms with Crippen molar-refractivity contribution in [2.24, 2.45) is 5.73 Å². The summed E-state index contributed by atoms with van der Waals surface area (Å²) in [6.45, 7) is 7.52. The van der Waals surface area contributed by atoms with Crippen LogP contribution in [0.5, 0.6) is 0 Å². The zero-order valence-corrected chi connectivity index (χ0v) is 12.0. The summed E-state index contributed by atoms with van der Waals surface area (Å²) in [5, 5.41) is 9.13. The molecule has 0 aromatic carbocycles. The fourth-order valence-corrected chi connectivity index (χ4v) is 2.78. The van der Waals surface area contributed by atoms with Gasteiger partial charge in [-0.05, 0) is 19.9 Å². The van der Waals surface area contributed by atoms with Gasteiger partial charge in [0.25, 0.3) is 5.91 Å². The van der Waals surface area contributed by atoms with Crippen LogP contribution in [0.25, 0.3) is 0 Å². The number of carbonyl (C=O) groups is 1. The van der Waals surface area contributed by atoms with Gasteiger partial charge in [-0.3, -0.25) is 14.7 Å². The molecule has 0 atom stereocenters. The molecular weight excluding hydrogens is 256 g/mol. The standard InChI is InChI=1S/C14H22N4O2/c1-14(2)10-17(5-6-18(14)7-8-19)12-3-4-16-9-11(12)13(15)20/h3-4,9,19H,5-8,10H2,1-2H3,(H2,15,20). The number of aromatic nitrogens is 1. The number of amides is 1. The van der Waals surface area contributed by atoms with Crippen LogP contribution in [0.4, 0.5) is 5.69 Å². The first-order chi connectivity index (χ1) is 9.45. The molecule has 2 heterocycles. The number of aliphatic hydroxyl groups is 1. The fourth-order valence-electron chi connectivity index (χ4n) is 2.78. The number of nitrogens with zero attached hydrogens (tertiary/aromatic N) is 3. The van der Waals surface area contributed by atoms with E-state index in [2.05, 4.69) is 28.6 Å². The molecule has 1 aliphatic rings. The number of β-amino-alcohol motifs (C(OH)–C–C–N with tert-alkyl or cyclic N) is 1. The minimum Gasteiger partial charge on any atom is -0.395 e. The molecule has 6 heteroatoms. The molecule has 3 N–H and O–H groups in total. The predicted octanol–water partition coefficient (Wildman–Crippen LogP) is 0.0734. The third kappa shape index (κ3) is 2.91. The van der Waals surface area contributed by atoms with Crippen molar-refractivity contribution in [3.8, 4) is 0 Å². The minimum atomic E-state index is -0.455. The van der Waals surface area contributed by atoms with Crippen LogP contribution in [-0.4, -0.2) is 59.2 Å². The maximum Gasteiger partial charge on any atom is 0.252 e. The van der Waals surface area contributed by atoms with Gasteiger partial charge in [0.2, 0.25) is 0 Å². The van der Waals surface area contributed by atoms with Crippen LogP contribution in [-0.2, 0) is 0 Å². The van der Waals surface area contributed by atoms with Crippen molar-refractivity contribution in [2.75, 3.05) is 37.7 Å². The lowest BCUT2D eigenvalue weighted by Crippen LogP contribution is -2.60. The molecule has 0 aliphatic carbocycles. The normalized spacial score (nSPS) is 19.1. The van der Waals surface area contributed by atoms with Crippen LogP contribution in [0.2, 0.25) is 0 Å². The predicted molar refractivity (Wildman–Crippen MR) is 77.7 cm³/mol. The Kier molecular flexibility index (Phi) is 4.25. The molecule has 1 aromatic rings. The molecule has 20 heavy (non-hydrogen) atoms. The van der Waals surface area contributed by atoms with Crippen molar-refractivity contribution in [1.82, 2.24) is 9.88 Å². The Morgan fingerprint density at radius 1 is 1.50 bits per heavy atom. The summed E-state index contributed by atoms with van der Waals surface area (Å²) in [6.07, 6.45) is 3.19. The van der Waals surface area contributed by atoms with Crippen LogP contribution < -0.4 is 10.6 Å². The van der Waals surface area contributed by atoms with Gasteiger partial charge in [0.1, 0.15) is 0 Å². The maximum atomic E-state index is 11.5. The second kappa shape index (κ2) is 5.76. The number of nitrogens with two attached hydrogens (primary N) is 1. The summed E-state index contributed by atoms with van der Waals surface area (Å²) in [4.78, 5) is 19.9. The lowest BCUT2D eigenvalue weighted by atomic mass is 9.97. The van der Waals surface area contributed by atoms with Crippen LogP contribution in [0, 0.1) is 0 Å². The molecular formula is C14H22N4O2. The molecule has 0 unspecified atom stereocenters. The van der Waals surface area contributed by atoms with Crippen molar-refractivity contribution in [1.29, 1.82) is 0 Å². The summed E-state index contributed by atoms with van der Waals surface area (Å²) >= 11 is 0. The first-order valence-electron chi connectivity index (χ1n) is 6.80. The van der Waals surface area contributed by atoms with Crippen molar-refractivity contribution >= 4 is 11.6 Å². The maximum absolute atomic E-state index is 11.5. The number of rotatable bonds is 4. The van der Waals surface area contributed by atoms with E-state index in [0.717, 1.165) is 25.3 Å². The largest absolute Gasteiger partial charge is 0.395 e. The summed E-state index contributed by atoms with van der Waals surface area (Å²) in [5.74, 6) is -0.455. The van der Waals surface area contributed by atoms with Gasteiger partial charge in [0, 0.05) is 44.1 Å². The summed E-state index contributed by atoms with van der Waals surface area (Å²) < 4.78 is 0. The number of carbonyl (C=O) groups excluding carboxylic acids is 1. The Hall–Kier alpha value is -1.66. The number of anilines is 1. The van der Waals surface area contributed by atoms with Gasteiger partial charge in [-0.1, -0.05) is 0 Å². The number of aliphatic hydroxyl groups excluding tert-OH is 1. The number of primary amides is 1. The van der Waals surface area contributed by atoms with Crippen LogP contribution in [0.3, 0.4) is 0 Å². The van der Waals surface area contributed by atoms with Gasteiger partial charge in [-0.2, -0.15) is 0 Å². The second-order valence-corrected chi connectivity index (χ2v) is 5.70. The fraction of sp³-hybridized carbons (Fsp3) is 0.571. The van der Waals surface area contributed by atoms with E-state index >= 15 is 0 Å². The molecule has 1 amide bonds. The Balaban J connectivity index is 2.22. The topological polar surface area (TPSA) is 82.7 Å². The average molecular weight is 278 g/mol. The molecule has 0 bridgehead atoms. The lowest BCUT2D eigenvalue weighted by Gasteiger charge is -2.48. The smallest absolute Gasteiger partial charge is 0.252 e. The van der Waals surface area contributed by atoms with E-state index in [1.54, 1.807) is 6.20 Å². The second-order valence-electron chi connectivity index (χ2n) is 5.70. The zero-order chi connectivity index (χ0) is 14.8. The minimum absolute atomic E-state index is 0.0703. The Morgan fingerprint density at radius 3 is 2.85 bits per heavy atom. The molecule has 1 aromatic heterocycles. The van der Waals surface area contributed by atoms with Crippen molar-refractivity contribution < 1.29 is 9.90 Å². The van der Waals surface area contributed by atoms with Gasteiger partial charge < -0.3 is 15.7 Å². The molecule has 6 nitrogen and oxygen atoms in total. The molecule has 110 valence electrons. The van der Waals surface area contributed by atoms with Gasteiger partial charge in [-0.25, -0.2) is 0 Å². The Labute approximate surface area is 119 Å². The first-order valence-corrected chi connectivity index (χ1v) is 6.80. The van der Waals surface area contributed by atoms with Crippen LogP contribution in [0.15, 0.2) is 18.5 Å². The molecule has 0 saturated carbocycles. The SMILES string of the molecule is CC1(C)CN(c2ccncc2C(N)=O)CCN1CCO. The zero-order valence-electron chi connectivity index (χ0n) is 12.0. The van der Waals surface area contributed by atoms with E-state index in [0.29, 0.717) is 12.1 Å². The van der Waals surface area contributed by atoms with E-state index in [9.17, 15) is 4.79 Å². The van der Waals surface area contributed by atoms with Crippen molar-refractivity contribution in [3.63, 3.8) is 0 Å². The highest BCUT2D eigenvalue weighted by molar-refractivity contribution is 5.98. The number of hydrogen-bond acceptors (Lipinski definition) is 5. The number of piperazine rings is 1. The van der Waals surface area contributed by atoms with E-state index < -0.39 is 5.91 Å². The van der Waals surface area contributed by atoms with Gasteiger partial charge >= 0.3 is 0 Å². The first kappa shape index (κ1) is 14.7. The quantitative estimate of drug-likeness (QED) is 0.814. The molecule has 1 aliphatic heterocycles. The van der Waals surface area contributed by atoms with E-state index in [1.165, 1.54) is 6.20 Å². The molecule has 1 saturated heterocycles. The van der Waals surface area contributed by atoms with Crippen molar-refractivity contribution in [2.45, 2.75) is 19.4 Å². The third-order valence-electron chi connectivity index (χ3n) is 3.85. The van der Waals surface area contributed by atoms with Gasteiger partial charge in [-0.15, -0.1) is 0 Å². The Bertz CT molecular complexity index is 490. The number of hydrogen-bond donors (Lipinski definition) is 2. The Morgan fingerprint density at radius 2 is 2.25 bits per heavy atom. The lowest BCUT2D eigenvalue weighted by molar-refractivity contribution is 0.0811. The van der Waals surface area contributed by atoms with E-state index in [-0.39, 0.29) is 12.1 Å². The van der Waals surface area contributed by atoms with Crippen molar-refractivity contribution in [3.05, 3.63) is 24.0 Å². The number of pyridine rings is 1. The van der Waals surface area contributed by atoms with Crippen LogP contribution >= 0.6 is 0 Å². The molecule has 0 radical (unpaired) electrons. The van der Waals surface area contributed by atoms with E-state index in [4.69, 9.17) is 10.8 Å². The summed E-state index contributed by atoms with van der Waals surface area (Å²) in [6, 6.07) is 1.83. The average Bonchev–Trinajstić information content (AvgIpc) is 2.41. The molecule has 0 spiro atoms. The van der Waals surface area contributed by atoms with Gasteiger partial charge in [0.15, 0.2) is 0 Å². The van der Waals surface area contributed by atoms with Crippen LogP contribution in [0.1, 0.15) is 24.2 Å². The molecule has 2 rings (SSSR count). The summed E-state index contributed by atoms with van der Waals surface area (Å²) in [7, 11) is 0. The highest BCUT2D eigenvalue weighted by atomic mass is 16.3. The van der Waals surface area contributed by atoms with Gasteiger partial charge in [0.05, 0.1) is 17.9 Å².